The smallest absolute Gasteiger partial charge is 0.269 e. The summed E-state index contributed by atoms with van der Waals surface area (Å²) in [6.07, 6.45) is 1.80. The fourth-order valence-electron chi connectivity index (χ4n) is 2.83. The summed E-state index contributed by atoms with van der Waals surface area (Å²) in [6, 6.07) is 12.5. The molecule has 9 heteroatoms. The molecule has 0 unspecified atom stereocenters. The zero-order valence-corrected chi connectivity index (χ0v) is 19.8. The van der Waals surface area contributed by atoms with Crippen LogP contribution in [0.3, 0.4) is 0 Å². The first-order valence-electron chi connectivity index (χ1n) is 9.55. The number of non-ortho nitro benzene ring substituents is 1. The maximum atomic E-state index is 10.9. The van der Waals surface area contributed by atoms with Gasteiger partial charge in [0.15, 0.2) is 17.5 Å². The van der Waals surface area contributed by atoms with Gasteiger partial charge in [-0.05, 0) is 43.0 Å². The minimum atomic E-state index is -0.396. The van der Waals surface area contributed by atoms with E-state index < -0.39 is 4.92 Å². The van der Waals surface area contributed by atoms with Crippen molar-refractivity contribution < 1.29 is 14.4 Å². The van der Waals surface area contributed by atoms with E-state index in [4.69, 9.17) is 9.47 Å². The van der Waals surface area contributed by atoms with Crippen molar-refractivity contribution in [2.24, 2.45) is 4.99 Å². The third-order valence-electron chi connectivity index (χ3n) is 4.27. The third-order valence-corrected chi connectivity index (χ3v) is 4.27. The van der Waals surface area contributed by atoms with Crippen LogP contribution in [0.4, 0.5) is 5.69 Å². The van der Waals surface area contributed by atoms with Gasteiger partial charge in [-0.25, -0.2) is 0 Å². The molecule has 2 aromatic carbocycles. The van der Waals surface area contributed by atoms with Crippen molar-refractivity contribution in [1.82, 2.24) is 10.6 Å². The second-order valence-electron chi connectivity index (χ2n) is 6.30. The number of rotatable bonds is 10. The van der Waals surface area contributed by atoms with E-state index >= 15 is 0 Å². The number of benzene rings is 2. The van der Waals surface area contributed by atoms with Crippen LogP contribution in [0, 0.1) is 10.1 Å². The lowest BCUT2D eigenvalue weighted by atomic mass is 10.1. The van der Waals surface area contributed by atoms with Crippen LogP contribution < -0.4 is 20.1 Å². The molecular weight excluding hydrogens is 499 g/mol. The number of hydrogen-bond acceptors (Lipinski definition) is 5. The Bertz CT molecular complexity index is 846. The van der Waals surface area contributed by atoms with Crippen molar-refractivity contribution in [3.05, 3.63) is 63.7 Å². The van der Waals surface area contributed by atoms with Crippen LogP contribution in [0.2, 0.25) is 0 Å². The molecule has 30 heavy (non-hydrogen) atoms. The molecule has 0 amide bonds. The van der Waals surface area contributed by atoms with E-state index in [-0.39, 0.29) is 29.7 Å². The van der Waals surface area contributed by atoms with Gasteiger partial charge in [0.2, 0.25) is 0 Å². The van der Waals surface area contributed by atoms with Crippen molar-refractivity contribution in [1.29, 1.82) is 0 Å². The molecule has 0 atom stereocenters. The van der Waals surface area contributed by atoms with Gasteiger partial charge in [-0.2, -0.15) is 0 Å². The second-order valence-corrected chi connectivity index (χ2v) is 6.30. The van der Waals surface area contributed by atoms with Gasteiger partial charge in [0.05, 0.1) is 18.6 Å². The fourth-order valence-corrected chi connectivity index (χ4v) is 2.83. The normalized spacial score (nSPS) is 10.7. The summed E-state index contributed by atoms with van der Waals surface area (Å²) in [5.74, 6) is 2.15. The van der Waals surface area contributed by atoms with Crippen molar-refractivity contribution in [2.45, 2.75) is 26.3 Å². The second kappa shape index (κ2) is 13.6. The van der Waals surface area contributed by atoms with Crippen molar-refractivity contribution >= 4 is 35.6 Å². The van der Waals surface area contributed by atoms with Gasteiger partial charge in [-0.1, -0.05) is 18.2 Å². The number of nitro benzene ring substituents is 1. The zero-order chi connectivity index (χ0) is 21.1. The molecule has 2 N–H and O–H groups in total. The van der Waals surface area contributed by atoms with Gasteiger partial charge >= 0.3 is 0 Å². The predicted molar refractivity (Wildman–Crippen MR) is 129 cm³/mol. The van der Waals surface area contributed by atoms with E-state index in [0.29, 0.717) is 19.1 Å². The van der Waals surface area contributed by atoms with Gasteiger partial charge in [0, 0.05) is 32.3 Å². The molecule has 2 aromatic rings. The Morgan fingerprint density at radius 1 is 1.13 bits per heavy atom. The highest BCUT2D eigenvalue weighted by atomic mass is 127. The fraction of sp³-hybridized carbons (Fsp3) is 0.381. The van der Waals surface area contributed by atoms with Crippen LogP contribution in [0.25, 0.3) is 0 Å². The molecule has 0 aliphatic carbocycles. The number of aliphatic imine (C=N–C) groups is 1. The Labute approximate surface area is 194 Å². The highest BCUT2D eigenvalue weighted by molar-refractivity contribution is 14.0. The van der Waals surface area contributed by atoms with Gasteiger partial charge in [-0.3, -0.25) is 15.1 Å². The summed E-state index contributed by atoms with van der Waals surface area (Å²) in [6.45, 7) is 3.73. The lowest BCUT2D eigenvalue weighted by Gasteiger charge is -2.13. The van der Waals surface area contributed by atoms with Crippen molar-refractivity contribution in [3.8, 4) is 11.5 Å². The number of aryl methyl sites for hydroxylation is 1. The molecule has 0 radical (unpaired) electrons. The summed E-state index contributed by atoms with van der Waals surface area (Å²) in [4.78, 5) is 14.7. The van der Waals surface area contributed by atoms with E-state index in [1.165, 1.54) is 11.6 Å². The molecule has 0 aromatic heterocycles. The number of nitrogens with zero attached hydrogens (tertiary/aromatic N) is 2. The van der Waals surface area contributed by atoms with Crippen LogP contribution in [0.1, 0.15) is 24.5 Å². The third kappa shape index (κ3) is 8.05. The van der Waals surface area contributed by atoms with Gasteiger partial charge in [0.25, 0.3) is 5.69 Å². The number of methoxy groups -OCH3 is 1. The molecule has 0 saturated carbocycles. The average Bonchev–Trinajstić information content (AvgIpc) is 2.74. The van der Waals surface area contributed by atoms with E-state index in [1.807, 2.05) is 31.2 Å². The van der Waals surface area contributed by atoms with E-state index in [2.05, 4.69) is 15.6 Å². The van der Waals surface area contributed by atoms with Gasteiger partial charge in [0.1, 0.15) is 0 Å². The van der Waals surface area contributed by atoms with Crippen molar-refractivity contribution in [2.75, 3.05) is 27.3 Å². The Hall–Kier alpha value is -2.56. The monoisotopic (exact) mass is 528 g/mol. The lowest BCUT2D eigenvalue weighted by molar-refractivity contribution is -0.384. The molecule has 0 saturated heterocycles. The molecule has 0 aliphatic heterocycles. The zero-order valence-electron chi connectivity index (χ0n) is 17.5. The highest BCUT2D eigenvalue weighted by Gasteiger charge is 2.07. The van der Waals surface area contributed by atoms with Gasteiger partial charge in [-0.15, -0.1) is 24.0 Å². The van der Waals surface area contributed by atoms with E-state index in [0.717, 1.165) is 36.4 Å². The first-order valence-corrected chi connectivity index (χ1v) is 9.55. The Morgan fingerprint density at radius 3 is 2.60 bits per heavy atom. The van der Waals surface area contributed by atoms with Crippen LogP contribution in [0.15, 0.2) is 47.5 Å². The van der Waals surface area contributed by atoms with Crippen LogP contribution in [-0.2, 0) is 13.0 Å². The van der Waals surface area contributed by atoms with E-state index in [9.17, 15) is 10.1 Å². The standard InChI is InChI=1S/C21H28N4O4.HI/c1-4-29-20-14-16(10-11-19(20)28-3)8-6-12-23-21(22-2)24-15-17-7-5-9-18(13-17)25(26)27;/h5,7,9-11,13-14H,4,6,8,12,15H2,1-3H3,(H2,22,23,24);1H. The molecule has 0 aliphatic rings. The Morgan fingerprint density at radius 2 is 1.93 bits per heavy atom. The molecule has 164 valence electrons. The Kier molecular flexibility index (Phi) is 11.6. The maximum Gasteiger partial charge on any atom is 0.269 e. The summed E-state index contributed by atoms with van der Waals surface area (Å²) in [5, 5.41) is 17.3. The largest absolute Gasteiger partial charge is 0.493 e. The van der Waals surface area contributed by atoms with Crippen LogP contribution >= 0.6 is 24.0 Å². The van der Waals surface area contributed by atoms with Gasteiger partial charge < -0.3 is 20.1 Å². The Balaban J connectivity index is 0.00000450. The van der Waals surface area contributed by atoms with Crippen molar-refractivity contribution in [3.63, 3.8) is 0 Å². The number of halogens is 1. The van der Waals surface area contributed by atoms with E-state index in [1.54, 1.807) is 26.3 Å². The minimum Gasteiger partial charge on any atom is -0.493 e. The first kappa shape index (κ1) is 25.5. The average molecular weight is 528 g/mol. The number of nitrogens with one attached hydrogen (secondary N) is 2. The summed E-state index contributed by atoms with van der Waals surface area (Å²) in [7, 11) is 3.33. The lowest BCUT2D eigenvalue weighted by Crippen LogP contribution is -2.37. The molecule has 0 heterocycles. The molecule has 8 nitrogen and oxygen atoms in total. The summed E-state index contributed by atoms with van der Waals surface area (Å²) >= 11 is 0. The number of guanidine groups is 1. The minimum absolute atomic E-state index is 0. The quantitative estimate of drug-likeness (QED) is 0.121. The predicted octanol–water partition coefficient (Wildman–Crippen LogP) is 3.92. The first-order chi connectivity index (χ1) is 14.1. The number of nitro groups is 1. The maximum absolute atomic E-state index is 10.9. The molecule has 0 fully saturated rings. The van der Waals surface area contributed by atoms with Crippen LogP contribution in [-0.4, -0.2) is 38.2 Å². The summed E-state index contributed by atoms with van der Waals surface area (Å²) in [5.41, 5.74) is 2.08. The highest BCUT2D eigenvalue weighted by Crippen LogP contribution is 2.28. The topological polar surface area (TPSA) is 98.0 Å². The summed E-state index contributed by atoms with van der Waals surface area (Å²) < 4.78 is 10.9. The van der Waals surface area contributed by atoms with Crippen LogP contribution in [0.5, 0.6) is 11.5 Å². The molecular formula is C21H29IN4O4. The molecule has 0 spiro atoms. The SMILES string of the molecule is CCOc1cc(CCCNC(=NC)NCc2cccc([N+](=O)[O-])c2)ccc1OC.I. The number of ether oxygens (including phenoxy) is 2. The number of hydrogen-bond donors (Lipinski definition) is 2. The molecule has 0 bridgehead atoms. The molecule has 2 rings (SSSR count).